The molecule has 12 heteroatoms. The van der Waals surface area contributed by atoms with Gasteiger partial charge in [0.05, 0.1) is 10.7 Å². The Bertz CT molecular complexity index is 1610. The van der Waals surface area contributed by atoms with E-state index in [1.807, 2.05) is 23.1 Å². The fraction of sp³-hybridized carbons (Fsp3) is 0.276. The number of fused-ring (bicyclic) bond motifs is 2. The fourth-order valence-corrected chi connectivity index (χ4v) is 7.16. The van der Waals surface area contributed by atoms with Gasteiger partial charge in [0, 0.05) is 23.6 Å². The van der Waals surface area contributed by atoms with E-state index in [0.717, 1.165) is 37.1 Å². The van der Waals surface area contributed by atoms with Crippen LogP contribution in [0.15, 0.2) is 81.5 Å². The van der Waals surface area contributed by atoms with Crippen molar-refractivity contribution in [2.75, 3.05) is 11.4 Å². The number of benzene rings is 2. The number of rotatable bonds is 5. The quantitative estimate of drug-likeness (QED) is 0.172. The van der Waals surface area contributed by atoms with E-state index in [1.54, 1.807) is 0 Å². The van der Waals surface area contributed by atoms with Crippen LogP contribution in [-0.4, -0.2) is 11.7 Å². The molecule has 0 saturated carbocycles. The van der Waals surface area contributed by atoms with Crippen LogP contribution in [0.4, 0.5) is 30.9 Å². The summed E-state index contributed by atoms with van der Waals surface area (Å²) in [6.45, 7) is 10.5. The number of thiazole rings is 1. The first-order valence-electron chi connectivity index (χ1n) is 13.0. The van der Waals surface area contributed by atoms with Crippen molar-refractivity contribution in [3.63, 3.8) is 0 Å². The van der Waals surface area contributed by atoms with Crippen molar-refractivity contribution in [3.05, 3.63) is 92.7 Å². The molecule has 1 aliphatic carbocycles. The molecule has 2 aliphatic rings. The Balaban J connectivity index is 0.000000493. The van der Waals surface area contributed by atoms with E-state index in [9.17, 15) is 30.3 Å². The molecule has 2 heterocycles. The molecule has 3 nitrogen and oxygen atoms in total. The molecule has 0 amide bonds. The van der Waals surface area contributed by atoms with Gasteiger partial charge in [-0.05, 0) is 93.2 Å². The van der Waals surface area contributed by atoms with Gasteiger partial charge >= 0.3 is 33.0 Å². The summed E-state index contributed by atoms with van der Waals surface area (Å²) >= 11 is 3.62. The van der Waals surface area contributed by atoms with Crippen molar-refractivity contribution >= 4 is 52.9 Å². The summed E-state index contributed by atoms with van der Waals surface area (Å²) in [6, 6.07) is 13.3. The second-order valence-electron chi connectivity index (χ2n) is 9.84. The van der Waals surface area contributed by atoms with E-state index in [2.05, 4.69) is 97.9 Å². The third-order valence-electron chi connectivity index (χ3n) is 6.53. The number of hydrogen-bond acceptors (Lipinski definition) is 4. The van der Waals surface area contributed by atoms with Crippen LogP contribution in [0.2, 0.25) is 0 Å². The molecule has 0 bridgehead atoms. The van der Waals surface area contributed by atoms with E-state index < -0.39 is 7.81 Å². The van der Waals surface area contributed by atoms with Gasteiger partial charge in [-0.3, -0.25) is 0 Å². The fourth-order valence-electron chi connectivity index (χ4n) is 4.71. The van der Waals surface area contributed by atoms with E-state index in [4.69, 9.17) is 0 Å². The van der Waals surface area contributed by atoms with Gasteiger partial charge in [0.2, 0.25) is 5.52 Å². The Morgan fingerprint density at radius 2 is 1.59 bits per heavy atom. The van der Waals surface area contributed by atoms with Crippen LogP contribution in [-0.2, 0) is 6.54 Å². The number of nitrogens with zero attached hydrogens (tertiary/aromatic N) is 2. The molecule has 222 valence electrons. The Morgan fingerprint density at radius 3 is 2.24 bits per heavy atom. The molecule has 1 aliphatic heterocycles. The number of anilines is 1. The predicted molar refractivity (Wildman–Crippen MR) is 160 cm³/mol. The molecule has 2 aromatic carbocycles. The molecule has 41 heavy (non-hydrogen) atoms. The summed E-state index contributed by atoms with van der Waals surface area (Å²) in [5.74, 6) is 0.438. The van der Waals surface area contributed by atoms with Crippen LogP contribution < -0.4 is 9.47 Å². The zero-order valence-electron chi connectivity index (χ0n) is 23.0. The minimum atomic E-state index is -10.7. The molecule has 0 atom stereocenters. The maximum atomic E-state index is 10.9. The monoisotopic (exact) mass is 632 g/mol. The number of allylic oxidation sites excluding steroid dienone is 5. The van der Waals surface area contributed by atoms with E-state index in [0.29, 0.717) is 5.76 Å². The van der Waals surface area contributed by atoms with Gasteiger partial charge in [0.15, 0.2) is 0 Å². The normalized spacial score (nSPS) is 19.2. The number of halogens is 6. The zero-order chi connectivity index (χ0) is 30.2. The number of thioether (sulfide) groups is 1. The zero-order valence-corrected chi connectivity index (χ0v) is 25.5. The second kappa shape index (κ2) is 10.8. The van der Waals surface area contributed by atoms with Crippen molar-refractivity contribution in [2.24, 2.45) is 0 Å². The van der Waals surface area contributed by atoms with E-state index in [1.165, 1.54) is 42.0 Å². The van der Waals surface area contributed by atoms with Crippen LogP contribution in [0, 0.1) is 13.8 Å². The summed E-state index contributed by atoms with van der Waals surface area (Å²) in [5, 5.41) is 13.4. The van der Waals surface area contributed by atoms with Gasteiger partial charge in [-0.15, -0.1) is 0 Å². The van der Waals surface area contributed by atoms with Crippen LogP contribution in [0.5, 0.6) is 0 Å². The molecule has 0 unspecified atom stereocenters. The van der Waals surface area contributed by atoms with Gasteiger partial charge in [0.25, 0.3) is 5.01 Å². The summed E-state index contributed by atoms with van der Waals surface area (Å²) < 4.78 is 62.9. The van der Waals surface area contributed by atoms with Crippen molar-refractivity contribution in [1.29, 1.82) is 0 Å². The third kappa shape index (κ3) is 8.40. The Hall–Kier alpha value is -2.75. The minimum absolute atomic E-state index is 0.438. The molecule has 1 aromatic heterocycles. The van der Waals surface area contributed by atoms with Crippen molar-refractivity contribution in [2.45, 2.75) is 52.0 Å². The van der Waals surface area contributed by atoms with E-state index >= 15 is 0 Å². The van der Waals surface area contributed by atoms with Crippen LogP contribution in [0.3, 0.4) is 0 Å². The average Bonchev–Trinajstić information content (AvgIpc) is 3.50. The van der Waals surface area contributed by atoms with Crippen molar-refractivity contribution in [3.8, 4) is 0 Å². The Labute approximate surface area is 243 Å². The topological polar surface area (TPSA) is 27.4 Å². The molecule has 5 rings (SSSR count). The van der Waals surface area contributed by atoms with Gasteiger partial charge in [-0.1, -0.05) is 41.3 Å². The van der Waals surface area contributed by atoms with Crippen molar-refractivity contribution in [1.82, 2.24) is 0 Å². The molecule has 0 radical (unpaired) electrons. The number of aliphatic hydroxyl groups excluding tert-OH is 1. The summed E-state index contributed by atoms with van der Waals surface area (Å²) in [7, 11) is -10.7. The third-order valence-corrected chi connectivity index (χ3v) is 8.76. The first kappa shape index (κ1) is 31.2. The van der Waals surface area contributed by atoms with Gasteiger partial charge in [0.1, 0.15) is 17.0 Å². The standard InChI is InChI=1S/C29H30N2OS2.F6P/c1-5-30-23-13-7-19(3)17-25(23)33-27(30)15-11-21-9-10-22(29(21)32)12-16-28-31(6-2)24-14-8-20(4)18-26(24)34-28;1-7(2,3,4,5)6/h7-8,11-18H,5-6,9-10H2,1-4H3;/q;-1/p+1. The molecule has 0 spiro atoms. The molecular weight excluding hydrogens is 601 g/mol. The van der Waals surface area contributed by atoms with Crippen LogP contribution in [0.25, 0.3) is 16.3 Å². The van der Waals surface area contributed by atoms with E-state index in [-0.39, 0.29) is 0 Å². The first-order chi connectivity index (χ1) is 18.9. The van der Waals surface area contributed by atoms with Gasteiger partial charge < -0.3 is 10.0 Å². The molecular formula is C29H31F6N2OPS2. The van der Waals surface area contributed by atoms with Gasteiger partial charge in [-0.25, -0.2) is 0 Å². The van der Waals surface area contributed by atoms with Crippen molar-refractivity contribution < 1.29 is 34.9 Å². The SMILES string of the molecule is CCN1C(=CC=C2CCC(C=Cc3sc4cc(C)ccc4[n+]3CC)=C2O)Sc2cc(C)ccc21.F[P-](F)(F)(F)(F)F. The number of aliphatic hydroxyl groups is 1. The number of aryl methyl sites for hydroxylation is 3. The molecule has 3 aromatic rings. The molecule has 0 saturated heterocycles. The molecule has 1 N–H and O–H groups in total. The van der Waals surface area contributed by atoms with Crippen LogP contribution >= 0.6 is 30.9 Å². The van der Waals surface area contributed by atoms with Crippen LogP contribution in [0.1, 0.15) is 42.8 Å². The summed E-state index contributed by atoms with van der Waals surface area (Å²) in [6.07, 6.45) is 10.3. The average molecular weight is 633 g/mol. The number of aromatic nitrogens is 1. The number of hydrogen-bond donors (Lipinski definition) is 1. The second-order valence-corrected chi connectivity index (χ2v) is 13.9. The Kier molecular flexibility index (Phi) is 8.23. The Morgan fingerprint density at radius 1 is 0.927 bits per heavy atom. The maximum absolute atomic E-state index is 10.9. The first-order valence-corrected chi connectivity index (χ1v) is 16.7. The molecule has 0 fully saturated rings. The summed E-state index contributed by atoms with van der Waals surface area (Å²) in [4.78, 5) is 3.66. The van der Waals surface area contributed by atoms with Gasteiger partial charge in [-0.2, -0.15) is 4.57 Å². The predicted octanol–water partition coefficient (Wildman–Crippen LogP) is 11.2. The summed E-state index contributed by atoms with van der Waals surface area (Å²) in [5.41, 5.74) is 7.17.